The van der Waals surface area contributed by atoms with Crippen LogP contribution in [0.1, 0.15) is 0 Å². The SMILES string of the molecule is CN(c1ccccc1)S(=O)(=O)c1ccc2nc(N)nc(N)c2c1. The Morgan fingerprint density at radius 2 is 1.70 bits per heavy atom. The van der Waals surface area contributed by atoms with E-state index in [1.54, 1.807) is 30.3 Å². The third-order valence-corrected chi connectivity index (χ3v) is 5.27. The lowest BCUT2D eigenvalue weighted by atomic mass is 10.2. The third kappa shape index (κ3) is 2.64. The van der Waals surface area contributed by atoms with Crippen molar-refractivity contribution in [3.8, 4) is 0 Å². The molecule has 3 rings (SSSR count). The van der Waals surface area contributed by atoms with Crippen LogP contribution in [-0.2, 0) is 10.0 Å². The van der Waals surface area contributed by atoms with E-state index in [9.17, 15) is 8.42 Å². The molecule has 0 aliphatic heterocycles. The zero-order valence-corrected chi connectivity index (χ0v) is 13.2. The van der Waals surface area contributed by atoms with Gasteiger partial charge in [-0.15, -0.1) is 0 Å². The van der Waals surface area contributed by atoms with Crippen LogP contribution in [0.15, 0.2) is 53.4 Å². The minimum atomic E-state index is -3.72. The molecule has 23 heavy (non-hydrogen) atoms. The Morgan fingerprint density at radius 3 is 2.39 bits per heavy atom. The molecule has 118 valence electrons. The number of nitrogens with two attached hydrogens (primary N) is 2. The Morgan fingerprint density at radius 1 is 1.00 bits per heavy atom. The van der Waals surface area contributed by atoms with E-state index in [4.69, 9.17) is 11.5 Å². The first-order chi connectivity index (χ1) is 10.9. The minimum Gasteiger partial charge on any atom is -0.383 e. The van der Waals surface area contributed by atoms with Gasteiger partial charge in [0, 0.05) is 12.4 Å². The summed E-state index contributed by atoms with van der Waals surface area (Å²) >= 11 is 0. The predicted molar refractivity (Wildman–Crippen MR) is 90.4 cm³/mol. The highest BCUT2D eigenvalue weighted by Crippen LogP contribution is 2.26. The quantitative estimate of drug-likeness (QED) is 0.754. The molecule has 0 bridgehead atoms. The highest BCUT2D eigenvalue weighted by Gasteiger charge is 2.22. The monoisotopic (exact) mass is 329 g/mol. The number of rotatable bonds is 3. The minimum absolute atomic E-state index is 0.0482. The summed E-state index contributed by atoms with van der Waals surface area (Å²) in [6.45, 7) is 0. The van der Waals surface area contributed by atoms with E-state index < -0.39 is 10.0 Å². The lowest BCUT2D eigenvalue weighted by Gasteiger charge is -2.19. The molecule has 4 N–H and O–H groups in total. The Balaban J connectivity index is 2.12. The summed E-state index contributed by atoms with van der Waals surface area (Å²) in [5.41, 5.74) is 12.4. The lowest BCUT2D eigenvalue weighted by Crippen LogP contribution is -2.26. The van der Waals surface area contributed by atoms with Crippen LogP contribution in [0.4, 0.5) is 17.5 Å². The molecule has 0 aliphatic rings. The van der Waals surface area contributed by atoms with Gasteiger partial charge in [-0.25, -0.2) is 13.4 Å². The van der Waals surface area contributed by atoms with E-state index in [2.05, 4.69) is 9.97 Å². The molecule has 2 aromatic carbocycles. The molecule has 0 amide bonds. The zero-order valence-electron chi connectivity index (χ0n) is 12.3. The Labute approximate surface area is 133 Å². The molecule has 1 aromatic heterocycles. The van der Waals surface area contributed by atoms with Crippen LogP contribution in [0.25, 0.3) is 10.9 Å². The summed E-state index contributed by atoms with van der Waals surface area (Å²) in [5.74, 6) is 0.193. The van der Waals surface area contributed by atoms with Crippen molar-refractivity contribution in [1.82, 2.24) is 9.97 Å². The predicted octanol–water partition coefficient (Wildman–Crippen LogP) is 1.62. The molecular weight excluding hydrogens is 314 g/mol. The van der Waals surface area contributed by atoms with Gasteiger partial charge < -0.3 is 11.5 Å². The van der Waals surface area contributed by atoms with Gasteiger partial charge >= 0.3 is 0 Å². The van der Waals surface area contributed by atoms with E-state index in [1.165, 1.54) is 23.5 Å². The second-order valence-electron chi connectivity index (χ2n) is 4.95. The number of para-hydroxylation sites is 1. The molecule has 0 spiro atoms. The van der Waals surface area contributed by atoms with Crippen molar-refractivity contribution >= 4 is 38.4 Å². The lowest BCUT2D eigenvalue weighted by molar-refractivity contribution is 0.594. The van der Waals surface area contributed by atoms with Crippen molar-refractivity contribution in [2.45, 2.75) is 4.90 Å². The molecule has 1 heterocycles. The van der Waals surface area contributed by atoms with Crippen molar-refractivity contribution in [1.29, 1.82) is 0 Å². The average molecular weight is 329 g/mol. The molecular formula is C15H15N5O2S. The van der Waals surface area contributed by atoms with Gasteiger partial charge in [-0.2, -0.15) is 4.98 Å². The normalized spacial score (nSPS) is 11.5. The molecule has 3 aromatic rings. The van der Waals surface area contributed by atoms with Gasteiger partial charge in [-0.3, -0.25) is 4.31 Å². The molecule has 0 unspecified atom stereocenters. The topological polar surface area (TPSA) is 115 Å². The van der Waals surface area contributed by atoms with Crippen LogP contribution < -0.4 is 15.8 Å². The summed E-state index contributed by atoms with van der Waals surface area (Å²) < 4.78 is 26.8. The number of nitrogens with zero attached hydrogens (tertiary/aromatic N) is 3. The van der Waals surface area contributed by atoms with Crippen LogP contribution in [0.3, 0.4) is 0 Å². The summed E-state index contributed by atoms with van der Waals surface area (Å²) in [6.07, 6.45) is 0. The second kappa shape index (κ2) is 5.40. The van der Waals surface area contributed by atoms with Crippen LogP contribution in [0, 0.1) is 0 Å². The van der Waals surface area contributed by atoms with Gasteiger partial charge in [0.15, 0.2) is 0 Å². The number of anilines is 3. The van der Waals surface area contributed by atoms with E-state index in [0.29, 0.717) is 16.6 Å². The second-order valence-corrected chi connectivity index (χ2v) is 6.92. The number of hydrogen-bond acceptors (Lipinski definition) is 6. The molecule has 0 atom stereocenters. The van der Waals surface area contributed by atoms with E-state index in [1.807, 2.05) is 6.07 Å². The van der Waals surface area contributed by atoms with Crippen LogP contribution >= 0.6 is 0 Å². The Kier molecular flexibility index (Phi) is 3.53. The standard InChI is InChI=1S/C15H15N5O2S/c1-20(10-5-3-2-4-6-10)23(21,22)11-7-8-13-12(9-11)14(16)19-15(17)18-13/h2-9H,1H3,(H4,16,17,18,19). The highest BCUT2D eigenvalue weighted by molar-refractivity contribution is 7.92. The Bertz CT molecular complexity index is 974. The average Bonchev–Trinajstić information content (AvgIpc) is 2.54. The van der Waals surface area contributed by atoms with Gasteiger partial charge in [0.05, 0.1) is 16.1 Å². The molecule has 0 saturated heterocycles. The first kappa shape index (κ1) is 15.0. The maximum Gasteiger partial charge on any atom is 0.264 e. The van der Waals surface area contributed by atoms with Crippen LogP contribution in [0.2, 0.25) is 0 Å². The summed E-state index contributed by atoms with van der Waals surface area (Å²) in [5, 5.41) is 0.446. The van der Waals surface area contributed by atoms with Crippen molar-refractivity contribution in [3.63, 3.8) is 0 Å². The number of benzene rings is 2. The van der Waals surface area contributed by atoms with Gasteiger partial charge in [0.2, 0.25) is 5.95 Å². The maximum absolute atomic E-state index is 12.8. The molecule has 0 saturated carbocycles. The van der Waals surface area contributed by atoms with E-state index >= 15 is 0 Å². The van der Waals surface area contributed by atoms with Crippen molar-refractivity contribution in [3.05, 3.63) is 48.5 Å². The number of sulfonamides is 1. The number of hydrogen-bond donors (Lipinski definition) is 2. The fourth-order valence-electron chi connectivity index (χ4n) is 2.25. The van der Waals surface area contributed by atoms with E-state index in [0.717, 1.165) is 0 Å². The molecule has 7 nitrogen and oxygen atoms in total. The van der Waals surface area contributed by atoms with Crippen LogP contribution in [0.5, 0.6) is 0 Å². The molecule has 8 heteroatoms. The number of fused-ring (bicyclic) bond motifs is 1. The molecule has 0 fully saturated rings. The van der Waals surface area contributed by atoms with Gasteiger partial charge in [-0.05, 0) is 30.3 Å². The fraction of sp³-hybridized carbons (Fsp3) is 0.0667. The van der Waals surface area contributed by atoms with Gasteiger partial charge in [0.25, 0.3) is 10.0 Å². The summed E-state index contributed by atoms with van der Waals surface area (Å²) in [7, 11) is -2.22. The largest absolute Gasteiger partial charge is 0.383 e. The molecule has 0 aliphatic carbocycles. The third-order valence-electron chi connectivity index (χ3n) is 3.49. The first-order valence-electron chi connectivity index (χ1n) is 6.76. The smallest absolute Gasteiger partial charge is 0.264 e. The Hall–Kier alpha value is -2.87. The fourth-order valence-corrected chi connectivity index (χ4v) is 3.47. The number of nitrogen functional groups attached to an aromatic ring is 2. The van der Waals surface area contributed by atoms with Crippen LogP contribution in [-0.4, -0.2) is 25.4 Å². The van der Waals surface area contributed by atoms with Crippen molar-refractivity contribution < 1.29 is 8.42 Å². The van der Waals surface area contributed by atoms with Crippen molar-refractivity contribution in [2.75, 3.05) is 22.8 Å². The first-order valence-corrected chi connectivity index (χ1v) is 8.20. The maximum atomic E-state index is 12.8. The van der Waals surface area contributed by atoms with E-state index in [-0.39, 0.29) is 16.7 Å². The van der Waals surface area contributed by atoms with Gasteiger partial charge in [-0.1, -0.05) is 18.2 Å². The number of aromatic nitrogens is 2. The summed E-state index contributed by atoms with van der Waals surface area (Å²) in [6, 6.07) is 13.3. The molecule has 0 radical (unpaired) electrons. The van der Waals surface area contributed by atoms with Crippen molar-refractivity contribution in [2.24, 2.45) is 0 Å². The summed E-state index contributed by atoms with van der Waals surface area (Å²) in [4.78, 5) is 8.01. The van der Waals surface area contributed by atoms with Gasteiger partial charge in [0.1, 0.15) is 5.82 Å². The highest BCUT2D eigenvalue weighted by atomic mass is 32.2. The zero-order chi connectivity index (χ0) is 16.6.